The van der Waals surface area contributed by atoms with E-state index in [2.05, 4.69) is 15.5 Å². The third-order valence-electron chi connectivity index (χ3n) is 2.99. The van der Waals surface area contributed by atoms with Gasteiger partial charge < -0.3 is 10.1 Å². The molecule has 0 aliphatic rings. The van der Waals surface area contributed by atoms with Gasteiger partial charge in [0.15, 0.2) is 5.16 Å². The molecule has 1 amide bonds. The molecule has 0 aliphatic carbocycles. The number of benzene rings is 1. The van der Waals surface area contributed by atoms with Gasteiger partial charge in [-0.25, -0.2) is 14.3 Å². The highest BCUT2D eigenvalue weighted by molar-refractivity contribution is 7.99. The zero-order valence-corrected chi connectivity index (χ0v) is 14.4. The zero-order chi connectivity index (χ0) is 17.5. The predicted octanol–water partition coefficient (Wildman–Crippen LogP) is 2.13. The van der Waals surface area contributed by atoms with E-state index in [-0.39, 0.29) is 22.4 Å². The quantitative estimate of drug-likeness (QED) is 0.546. The number of aromatic amines is 1. The molecule has 130 valence electrons. The Kier molecular flexibility index (Phi) is 6.83. The fraction of sp³-hybridized carbons (Fsp3) is 0.357. The van der Waals surface area contributed by atoms with Crippen LogP contribution in [0.1, 0.15) is 6.42 Å². The SMILES string of the molecule is COCCCn1c(SCC(=O)Nc2ccc(F)cc2Cl)n[nH]c1=O. The smallest absolute Gasteiger partial charge is 0.343 e. The van der Waals surface area contributed by atoms with Crippen LogP contribution in [0.15, 0.2) is 28.2 Å². The van der Waals surface area contributed by atoms with Crippen LogP contribution >= 0.6 is 23.4 Å². The summed E-state index contributed by atoms with van der Waals surface area (Å²) in [5.41, 5.74) is -0.0150. The minimum absolute atomic E-state index is 0.0300. The average molecular weight is 375 g/mol. The van der Waals surface area contributed by atoms with Crippen molar-refractivity contribution in [1.82, 2.24) is 14.8 Å². The minimum atomic E-state index is -0.482. The number of halogens is 2. The monoisotopic (exact) mass is 374 g/mol. The average Bonchev–Trinajstić information content (AvgIpc) is 2.89. The molecule has 0 radical (unpaired) electrons. The number of hydrogen-bond donors (Lipinski definition) is 2. The van der Waals surface area contributed by atoms with Crippen molar-refractivity contribution in [3.8, 4) is 0 Å². The number of ether oxygens (including phenoxy) is 1. The topological polar surface area (TPSA) is 89.0 Å². The second-order valence-corrected chi connectivity index (χ2v) is 6.12. The molecular weight excluding hydrogens is 359 g/mol. The Labute approximate surface area is 146 Å². The van der Waals surface area contributed by atoms with Gasteiger partial charge in [0.1, 0.15) is 5.82 Å². The van der Waals surface area contributed by atoms with Crippen molar-refractivity contribution in [2.75, 3.05) is 24.8 Å². The van der Waals surface area contributed by atoms with E-state index < -0.39 is 5.82 Å². The van der Waals surface area contributed by atoms with Crippen LogP contribution in [0, 0.1) is 5.82 Å². The minimum Gasteiger partial charge on any atom is -0.385 e. The Hall–Kier alpha value is -1.84. The van der Waals surface area contributed by atoms with Gasteiger partial charge in [0.05, 0.1) is 16.5 Å². The van der Waals surface area contributed by atoms with Crippen LogP contribution in [0.3, 0.4) is 0 Å². The second kappa shape index (κ2) is 8.86. The number of nitrogens with zero attached hydrogens (tertiary/aromatic N) is 2. The van der Waals surface area contributed by atoms with Crippen LogP contribution in [0.5, 0.6) is 0 Å². The molecular formula is C14H16ClFN4O3S. The molecule has 0 bridgehead atoms. The Morgan fingerprint density at radius 3 is 3.04 bits per heavy atom. The molecule has 0 saturated heterocycles. The Bertz CT molecular complexity index is 765. The van der Waals surface area contributed by atoms with E-state index in [0.717, 1.165) is 17.8 Å². The Morgan fingerprint density at radius 2 is 2.33 bits per heavy atom. The third-order valence-corrected chi connectivity index (χ3v) is 4.28. The number of carbonyl (C=O) groups excluding carboxylic acids is 1. The van der Waals surface area contributed by atoms with Gasteiger partial charge in [-0.05, 0) is 24.6 Å². The van der Waals surface area contributed by atoms with E-state index in [1.54, 1.807) is 7.11 Å². The molecule has 0 aliphatic heterocycles. The first kappa shape index (κ1) is 18.5. The lowest BCUT2D eigenvalue weighted by Crippen LogP contribution is -2.19. The summed E-state index contributed by atoms with van der Waals surface area (Å²) in [6.45, 7) is 0.961. The first-order valence-corrected chi connectivity index (χ1v) is 8.39. The van der Waals surface area contributed by atoms with Crippen molar-refractivity contribution >= 4 is 35.0 Å². The summed E-state index contributed by atoms with van der Waals surface area (Å²) in [4.78, 5) is 23.7. The predicted molar refractivity (Wildman–Crippen MR) is 90.1 cm³/mol. The van der Waals surface area contributed by atoms with Crippen molar-refractivity contribution in [3.63, 3.8) is 0 Å². The maximum atomic E-state index is 13.0. The number of amides is 1. The summed E-state index contributed by atoms with van der Waals surface area (Å²) in [5.74, 6) is -0.793. The van der Waals surface area contributed by atoms with Crippen LogP contribution in [0.2, 0.25) is 5.02 Å². The number of thioether (sulfide) groups is 1. The molecule has 1 aromatic carbocycles. The number of hydrogen-bond acceptors (Lipinski definition) is 5. The fourth-order valence-corrected chi connectivity index (χ4v) is 2.87. The van der Waals surface area contributed by atoms with Crippen molar-refractivity contribution in [1.29, 1.82) is 0 Å². The number of methoxy groups -OCH3 is 1. The number of anilines is 1. The summed E-state index contributed by atoms with van der Waals surface area (Å²) in [6.07, 6.45) is 0.654. The van der Waals surface area contributed by atoms with Gasteiger partial charge in [0.2, 0.25) is 5.91 Å². The highest BCUT2D eigenvalue weighted by Gasteiger charge is 2.12. The summed E-state index contributed by atoms with van der Waals surface area (Å²) in [5, 5.41) is 9.36. The highest BCUT2D eigenvalue weighted by atomic mass is 35.5. The molecule has 24 heavy (non-hydrogen) atoms. The fourth-order valence-electron chi connectivity index (χ4n) is 1.88. The molecule has 7 nitrogen and oxygen atoms in total. The maximum Gasteiger partial charge on any atom is 0.343 e. The number of H-pyrrole nitrogens is 1. The summed E-state index contributed by atoms with van der Waals surface area (Å²) < 4.78 is 19.4. The molecule has 0 saturated carbocycles. The van der Waals surface area contributed by atoms with Crippen molar-refractivity contribution in [3.05, 3.63) is 39.5 Å². The van der Waals surface area contributed by atoms with Crippen LogP contribution in [0.4, 0.5) is 10.1 Å². The lowest BCUT2D eigenvalue weighted by atomic mass is 10.3. The van der Waals surface area contributed by atoms with Gasteiger partial charge in [0.25, 0.3) is 0 Å². The summed E-state index contributed by atoms with van der Waals surface area (Å²) in [6, 6.07) is 3.71. The number of rotatable bonds is 8. The molecule has 2 rings (SSSR count). The third kappa shape index (κ3) is 5.08. The van der Waals surface area contributed by atoms with Gasteiger partial charge in [-0.3, -0.25) is 9.36 Å². The molecule has 10 heteroatoms. The van der Waals surface area contributed by atoms with Crippen molar-refractivity contribution in [2.24, 2.45) is 0 Å². The van der Waals surface area contributed by atoms with E-state index >= 15 is 0 Å². The van der Waals surface area contributed by atoms with Crippen LogP contribution in [-0.2, 0) is 16.1 Å². The van der Waals surface area contributed by atoms with Gasteiger partial charge in [-0.15, -0.1) is 5.10 Å². The summed E-state index contributed by atoms with van der Waals surface area (Å²) >= 11 is 6.97. The van der Waals surface area contributed by atoms with Crippen LogP contribution < -0.4 is 11.0 Å². The van der Waals surface area contributed by atoms with Crippen molar-refractivity contribution in [2.45, 2.75) is 18.1 Å². The van der Waals surface area contributed by atoms with Gasteiger partial charge in [0, 0.05) is 20.3 Å². The molecule has 2 N–H and O–H groups in total. The molecule has 1 heterocycles. The number of carbonyl (C=O) groups is 1. The molecule has 0 unspecified atom stereocenters. The number of aromatic nitrogens is 3. The Morgan fingerprint density at radius 1 is 1.54 bits per heavy atom. The van der Waals surface area contributed by atoms with Gasteiger partial charge in [-0.2, -0.15) is 0 Å². The molecule has 2 aromatic rings. The van der Waals surface area contributed by atoms with Crippen molar-refractivity contribution < 1.29 is 13.9 Å². The lowest BCUT2D eigenvalue weighted by molar-refractivity contribution is -0.113. The highest BCUT2D eigenvalue weighted by Crippen LogP contribution is 2.23. The van der Waals surface area contributed by atoms with Crippen LogP contribution in [-0.4, -0.2) is 40.1 Å². The lowest BCUT2D eigenvalue weighted by Gasteiger charge is -2.07. The second-order valence-electron chi connectivity index (χ2n) is 4.77. The molecule has 0 atom stereocenters. The maximum absolute atomic E-state index is 13.0. The van der Waals surface area contributed by atoms with E-state index in [9.17, 15) is 14.0 Å². The Balaban J connectivity index is 1.93. The number of nitrogens with one attached hydrogen (secondary N) is 2. The van der Waals surface area contributed by atoms with Gasteiger partial charge in [-0.1, -0.05) is 23.4 Å². The molecule has 1 aromatic heterocycles. The largest absolute Gasteiger partial charge is 0.385 e. The van der Waals surface area contributed by atoms with E-state index in [4.69, 9.17) is 16.3 Å². The molecule has 0 spiro atoms. The van der Waals surface area contributed by atoms with E-state index in [0.29, 0.717) is 30.4 Å². The first-order valence-electron chi connectivity index (χ1n) is 7.03. The van der Waals surface area contributed by atoms with E-state index in [1.807, 2.05) is 0 Å². The standard InChI is InChI=1S/C14H16ClFN4O3S/c1-23-6-2-5-20-13(22)18-19-14(20)24-8-12(21)17-11-4-3-9(16)7-10(11)15/h3-4,7H,2,5-6,8H2,1H3,(H,17,21)(H,18,22). The summed E-state index contributed by atoms with van der Waals surface area (Å²) in [7, 11) is 1.58. The normalized spacial score (nSPS) is 10.8. The zero-order valence-electron chi connectivity index (χ0n) is 12.8. The van der Waals surface area contributed by atoms with Gasteiger partial charge >= 0.3 is 5.69 Å². The first-order chi connectivity index (χ1) is 11.5. The van der Waals surface area contributed by atoms with E-state index in [1.165, 1.54) is 16.7 Å². The molecule has 0 fully saturated rings. The van der Waals surface area contributed by atoms with Crippen LogP contribution in [0.25, 0.3) is 0 Å².